The Kier molecular flexibility index (Phi) is 4.20. The number of alkyl halides is 3. The molecule has 0 unspecified atom stereocenters. The van der Waals surface area contributed by atoms with Gasteiger partial charge in [-0.05, 0) is 17.7 Å². The molecule has 5 nitrogen and oxygen atoms in total. The molecule has 0 N–H and O–H groups in total. The van der Waals surface area contributed by atoms with Crippen LogP contribution in [0.2, 0.25) is 0 Å². The highest BCUT2D eigenvalue weighted by molar-refractivity contribution is 9.10. The maximum absolute atomic E-state index is 13.1. The molecule has 1 aromatic carbocycles. The molecule has 0 aliphatic rings. The minimum Gasteiger partial charge on any atom is -0.361 e. The second kappa shape index (κ2) is 6.04. The lowest BCUT2D eigenvalue weighted by molar-refractivity contribution is -0.144. The van der Waals surface area contributed by atoms with Gasteiger partial charge in [-0.15, -0.1) is 0 Å². The first-order valence-electron chi connectivity index (χ1n) is 6.97. The van der Waals surface area contributed by atoms with E-state index in [9.17, 15) is 13.2 Å². The molecule has 0 saturated heterocycles. The molecule has 0 atom stereocenters. The summed E-state index contributed by atoms with van der Waals surface area (Å²) in [5.74, 6) is -1.03. The van der Waals surface area contributed by atoms with Gasteiger partial charge in [0.2, 0.25) is 5.82 Å². The van der Waals surface area contributed by atoms with Gasteiger partial charge in [0.05, 0.1) is 12.9 Å². The summed E-state index contributed by atoms with van der Waals surface area (Å²) >= 11 is 3.35. The van der Waals surface area contributed by atoms with E-state index in [1.165, 1.54) is 11.2 Å². The van der Waals surface area contributed by atoms with Crippen LogP contribution in [0.15, 0.2) is 35.1 Å². The van der Waals surface area contributed by atoms with Gasteiger partial charge in [0.15, 0.2) is 17.0 Å². The molecule has 0 fully saturated rings. The van der Waals surface area contributed by atoms with Crippen LogP contribution in [0.1, 0.15) is 11.4 Å². The van der Waals surface area contributed by atoms with E-state index in [2.05, 4.69) is 30.9 Å². The molecule has 0 aliphatic heterocycles. The molecule has 126 valence electrons. The van der Waals surface area contributed by atoms with Crippen LogP contribution in [-0.4, -0.2) is 33.6 Å². The molecule has 0 spiro atoms. The Morgan fingerprint density at radius 3 is 2.38 bits per heavy atom. The van der Waals surface area contributed by atoms with Crippen LogP contribution >= 0.6 is 15.9 Å². The lowest BCUT2D eigenvalue weighted by atomic mass is 10.2. The average Bonchev–Trinajstić information content (AvgIpc) is 2.90. The molecule has 0 radical (unpaired) electrons. The highest BCUT2D eigenvalue weighted by Gasteiger charge is 2.36. The fourth-order valence-electron chi connectivity index (χ4n) is 2.27. The second-order valence-corrected chi connectivity index (χ2v) is 6.35. The Labute approximate surface area is 144 Å². The minimum absolute atomic E-state index is 0.141. The summed E-state index contributed by atoms with van der Waals surface area (Å²) in [4.78, 5) is 13.0. The topological polar surface area (TPSA) is 46.8 Å². The van der Waals surface area contributed by atoms with Crippen molar-refractivity contribution in [3.8, 4) is 0 Å². The van der Waals surface area contributed by atoms with Gasteiger partial charge in [0.25, 0.3) is 0 Å². The quantitative estimate of drug-likeness (QED) is 0.673. The molecule has 0 aliphatic carbocycles. The monoisotopic (exact) mass is 399 g/mol. The van der Waals surface area contributed by atoms with Crippen molar-refractivity contribution in [2.24, 2.45) is 0 Å². The van der Waals surface area contributed by atoms with Gasteiger partial charge in [-0.2, -0.15) is 13.2 Å². The Hall–Kier alpha value is -2.16. The first-order valence-corrected chi connectivity index (χ1v) is 7.77. The number of hydrogen-bond acceptors (Lipinski definition) is 4. The van der Waals surface area contributed by atoms with Gasteiger partial charge in [-0.1, -0.05) is 28.1 Å². The second-order valence-electron chi connectivity index (χ2n) is 5.43. The zero-order valence-electron chi connectivity index (χ0n) is 12.8. The number of anilines is 1. The first-order chi connectivity index (χ1) is 11.3. The summed E-state index contributed by atoms with van der Waals surface area (Å²) in [7, 11) is 3.24. The van der Waals surface area contributed by atoms with Crippen LogP contribution in [0.25, 0.3) is 11.2 Å². The Morgan fingerprint density at radius 2 is 1.79 bits per heavy atom. The third kappa shape index (κ3) is 3.21. The van der Waals surface area contributed by atoms with Crippen LogP contribution in [0.4, 0.5) is 19.0 Å². The summed E-state index contributed by atoms with van der Waals surface area (Å²) in [6.07, 6.45) is -3.14. The number of nitrogens with zero attached hydrogens (tertiary/aromatic N) is 5. The summed E-state index contributed by atoms with van der Waals surface area (Å²) in [6.45, 7) is 0.366. The van der Waals surface area contributed by atoms with Crippen molar-refractivity contribution in [1.82, 2.24) is 19.5 Å². The normalized spacial score (nSPS) is 11.9. The van der Waals surface area contributed by atoms with Crippen LogP contribution in [0.5, 0.6) is 0 Å². The first kappa shape index (κ1) is 16.7. The van der Waals surface area contributed by atoms with Crippen LogP contribution in [0.3, 0.4) is 0 Å². The van der Waals surface area contributed by atoms with Gasteiger partial charge in [0.1, 0.15) is 0 Å². The lowest BCUT2D eigenvalue weighted by Gasteiger charge is -2.14. The minimum atomic E-state index is -4.62. The molecule has 0 bridgehead atoms. The van der Waals surface area contributed by atoms with Gasteiger partial charge in [-0.25, -0.2) is 15.0 Å². The number of hydrogen-bond donors (Lipinski definition) is 0. The van der Waals surface area contributed by atoms with E-state index in [0.29, 0.717) is 12.1 Å². The van der Waals surface area contributed by atoms with Crippen molar-refractivity contribution in [2.45, 2.75) is 12.7 Å². The fraction of sp³-hybridized carbons (Fsp3) is 0.267. The highest BCUT2D eigenvalue weighted by atomic mass is 79.9. The molecule has 2 aromatic heterocycles. The molecular formula is C15H13BrF3N5. The zero-order chi connectivity index (χ0) is 17.5. The van der Waals surface area contributed by atoms with E-state index >= 15 is 0 Å². The molecular weight excluding hydrogens is 387 g/mol. The number of benzene rings is 1. The van der Waals surface area contributed by atoms with Gasteiger partial charge in [-0.3, -0.25) is 0 Å². The van der Waals surface area contributed by atoms with Crippen molar-refractivity contribution in [3.05, 3.63) is 46.5 Å². The summed E-state index contributed by atoms with van der Waals surface area (Å²) in [5, 5.41) is 0. The molecule has 0 amide bonds. The summed E-state index contributed by atoms with van der Waals surface area (Å²) in [6, 6.07) is 7.51. The van der Waals surface area contributed by atoms with Gasteiger partial charge in [0, 0.05) is 18.6 Å². The number of imidazole rings is 1. The van der Waals surface area contributed by atoms with E-state index in [1.54, 1.807) is 18.7 Å². The smallest absolute Gasteiger partial charge is 0.361 e. The van der Waals surface area contributed by atoms with Crippen LogP contribution < -0.4 is 4.90 Å². The third-order valence-electron chi connectivity index (χ3n) is 3.39. The van der Waals surface area contributed by atoms with Crippen LogP contribution in [-0.2, 0) is 12.7 Å². The average molecular weight is 400 g/mol. The van der Waals surface area contributed by atoms with Crippen LogP contribution in [0, 0.1) is 0 Å². The van der Waals surface area contributed by atoms with Gasteiger partial charge < -0.3 is 9.47 Å². The number of aromatic nitrogens is 4. The maximum atomic E-state index is 13.1. The Morgan fingerprint density at radius 1 is 1.12 bits per heavy atom. The third-order valence-corrected chi connectivity index (χ3v) is 3.92. The lowest BCUT2D eigenvalue weighted by Crippen LogP contribution is -2.18. The predicted molar refractivity (Wildman–Crippen MR) is 87.9 cm³/mol. The SMILES string of the molecule is CN(C)c1nc(C(F)(F)F)nc2c1ncn2Cc1ccc(Br)cc1. The summed E-state index contributed by atoms with van der Waals surface area (Å²) in [5.41, 5.74) is 1.42. The van der Waals surface area contributed by atoms with Crippen molar-refractivity contribution in [2.75, 3.05) is 19.0 Å². The summed E-state index contributed by atoms with van der Waals surface area (Å²) < 4.78 is 41.8. The van der Waals surface area contributed by atoms with E-state index in [4.69, 9.17) is 0 Å². The standard InChI is InChI=1S/C15H13BrF3N5/c1-23(2)12-11-13(22-14(21-12)15(17,18)19)24(8-20-11)7-9-3-5-10(16)6-4-9/h3-6,8H,7H2,1-2H3. The van der Waals surface area contributed by atoms with Crippen molar-refractivity contribution in [3.63, 3.8) is 0 Å². The zero-order valence-corrected chi connectivity index (χ0v) is 14.4. The Bertz CT molecular complexity index is 871. The van der Waals surface area contributed by atoms with Crippen molar-refractivity contribution in [1.29, 1.82) is 0 Å². The highest BCUT2D eigenvalue weighted by Crippen LogP contribution is 2.30. The number of rotatable bonds is 3. The predicted octanol–water partition coefficient (Wildman–Crippen LogP) is 3.72. The Balaban J connectivity index is 2.12. The van der Waals surface area contributed by atoms with E-state index in [-0.39, 0.29) is 11.5 Å². The fourth-order valence-corrected chi connectivity index (χ4v) is 2.53. The largest absolute Gasteiger partial charge is 0.451 e. The molecule has 3 rings (SSSR count). The molecule has 9 heteroatoms. The van der Waals surface area contributed by atoms with Gasteiger partial charge >= 0.3 is 6.18 Å². The van der Waals surface area contributed by atoms with Crippen molar-refractivity contribution < 1.29 is 13.2 Å². The van der Waals surface area contributed by atoms with E-state index in [0.717, 1.165) is 10.0 Å². The number of halogens is 4. The van der Waals surface area contributed by atoms with E-state index in [1.807, 2.05) is 24.3 Å². The molecule has 3 aromatic rings. The molecule has 2 heterocycles. The molecule has 0 saturated carbocycles. The molecule has 24 heavy (non-hydrogen) atoms. The maximum Gasteiger partial charge on any atom is 0.451 e. The number of fused-ring (bicyclic) bond motifs is 1. The van der Waals surface area contributed by atoms with Crippen molar-refractivity contribution >= 4 is 32.9 Å². The van der Waals surface area contributed by atoms with E-state index < -0.39 is 12.0 Å².